The third kappa shape index (κ3) is 6.01. The lowest BCUT2D eigenvalue weighted by atomic mass is 9.96. The van der Waals surface area contributed by atoms with Crippen LogP contribution in [0, 0.1) is 5.92 Å². The van der Waals surface area contributed by atoms with Gasteiger partial charge in [0.1, 0.15) is 5.75 Å². The van der Waals surface area contributed by atoms with E-state index in [9.17, 15) is 4.79 Å². The summed E-state index contributed by atoms with van der Waals surface area (Å²) in [7, 11) is 4.89. The summed E-state index contributed by atoms with van der Waals surface area (Å²) in [6.07, 6.45) is 2.33. The van der Waals surface area contributed by atoms with Gasteiger partial charge in [0.25, 0.3) is 0 Å². The number of ether oxygens (including phenoxy) is 3. The van der Waals surface area contributed by atoms with Crippen LogP contribution in [0.1, 0.15) is 18.4 Å². The molecule has 8 heteroatoms. The van der Waals surface area contributed by atoms with E-state index < -0.39 is 0 Å². The van der Waals surface area contributed by atoms with E-state index in [0.29, 0.717) is 18.0 Å². The van der Waals surface area contributed by atoms with Crippen LogP contribution in [0.15, 0.2) is 54.6 Å². The van der Waals surface area contributed by atoms with Gasteiger partial charge in [-0.25, -0.2) is 0 Å². The number of amides is 1. The third-order valence-corrected chi connectivity index (χ3v) is 6.39. The number of rotatable bonds is 9. The number of methoxy groups -OCH3 is 3. The van der Waals surface area contributed by atoms with Crippen LogP contribution in [0.2, 0.25) is 0 Å². The molecular formula is C27H32N4O4. The quantitative estimate of drug-likeness (QED) is 0.503. The van der Waals surface area contributed by atoms with Gasteiger partial charge in [0.15, 0.2) is 17.3 Å². The van der Waals surface area contributed by atoms with Crippen molar-refractivity contribution in [3.63, 3.8) is 0 Å². The highest BCUT2D eigenvalue weighted by Crippen LogP contribution is 2.28. The van der Waals surface area contributed by atoms with E-state index >= 15 is 0 Å². The fraction of sp³-hybridized carbons (Fsp3) is 0.370. The minimum atomic E-state index is 0.0168. The zero-order valence-corrected chi connectivity index (χ0v) is 20.5. The molecule has 1 aliphatic heterocycles. The summed E-state index contributed by atoms with van der Waals surface area (Å²) < 4.78 is 15.8. The van der Waals surface area contributed by atoms with Crippen molar-refractivity contribution in [2.45, 2.75) is 19.3 Å². The molecule has 0 aliphatic carbocycles. The number of nitrogens with one attached hydrogen (secondary N) is 1. The lowest BCUT2D eigenvalue weighted by Gasteiger charge is -2.31. The second-order valence-corrected chi connectivity index (χ2v) is 8.50. The van der Waals surface area contributed by atoms with Crippen molar-refractivity contribution < 1.29 is 19.0 Å². The molecule has 35 heavy (non-hydrogen) atoms. The van der Waals surface area contributed by atoms with Crippen molar-refractivity contribution in [1.82, 2.24) is 15.5 Å². The highest BCUT2D eigenvalue weighted by Gasteiger charge is 2.25. The molecule has 1 saturated heterocycles. The Morgan fingerprint density at radius 2 is 1.66 bits per heavy atom. The van der Waals surface area contributed by atoms with Crippen molar-refractivity contribution in [1.29, 1.82) is 0 Å². The maximum atomic E-state index is 12.7. The maximum absolute atomic E-state index is 12.7. The monoisotopic (exact) mass is 476 g/mol. The normalized spacial score (nSPS) is 13.9. The van der Waals surface area contributed by atoms with Gasteiger partial charge < -0.3 is 24.4 Å². The van der Waals surface area contributed by atoms with Crippen LogP contribution in [0.5, 0.6) is 17.2 Å². The van der Waals surface area contributed by atoms with E-state index in [1.54, 1.807) is 21.3 Å². The van der Waals surface area contributed by atoms with Gasteiger partial charge in [-0.1, -0.05) is 6.07 Å². The van der Waals surface area contributed by atoms with Gasteiger partial charge in [-0.15, -0.1) is 10.2 Å². The predicted octanol–water partition coefficient (Wildman–Crippen LogP) is 3.74. The van der Waals surface area contributed by atoms with E-state index in [4.69, 9.17) is 14.2 Å². The van der Waals surface area contributed by atoms with E-state index in [1.807, 2.05) is 54.6 Å². The molecule has 2 aromatic carbocycles. The van der Waals surface area contributed by atoms with Gasteiger partial charge in [0, 0.05) is 31.1 Å². The Labute approximate surface area is 206 Å². The SMILES string of the molecule is COc1ccc(-c2ccc(N3CCC(C(=O)NCCc4ccc(OC)c(OC)c4)CC3)nn2)cc1. The molecule has 1 aromatic heterocycles. The van der Waals surface area contributed by atoms with Gasteiger partial charge in [-0.2, -0.15) is 0 Å². The fourth-order valence-electron chi connectivity index (χ4n) is 4.29. The van der Waals surface area contributed by atoms with Gasteiger partial charge in [0.05, 0.1) is 27.0 Å². The lowest BCUT2D eigenvalue weighted by Crippen LogP contribution is -2.41. The molecule has 0 spiro atoms. The highest BCUT2D eigenvalue weighted by atomic mass is 16.5. The molecule has 0 atom stereocenters. The Kier molecular flexibility index (Phi) is 8.03. The largest absolute Gasteiger partial charge is 0.497 e. The Morgan fingerprint density at radius 3 is 2.29 bits per heavy atom. The number of benzene rings is 2. The van der Waals surface area contributed by atoms with Crippen LogP contribution in [-0.4, -0.2) is 57.1 Å². The molecule has 0 saturated carbocycles. The first-order valence-electron chi connectivity index (χ1n) is 11.8. The second-order valence-electron chi connectivity index (χ2n) is 8.50. The first-order valence-corrected chi connectivity index (χ1v) is 11.8. The van der Waals surface area contributed by atoms with E-state index in [1.165, 1.54) is 0 Å². The van der Waals surface area contributed by atoms with Crippen LogP contribution < -0.4 is 24.4 Å². The number of nitrogens with zero attached hydrogens (tertiary/aromatic N) is 3. The first kappa shape index (κ1) is 24.3. The molecule has 4 rings (SSSR count). The summed E-state index contributed by atoms with van der Waals surface area (Å²) in [6.45, 7) is 2.15. The van der Waals surface area contributed by atoms with Crippen molar-refractivity contribution in [2.24, 2.45) is 5.92 Å². The molecule has 1 aliphatic rings. The molecule has 184 valence electrons. The average molecular weight is 477 g/mol. The molecular weight excluding hydrogens is 444 g/mol. The molecule has 2 heterocycles. The summed E-state index contributed by atoms with van der Waals surface area (Å²) >= 11 is 0. The minimum Gasteiger partial charge on any atom is -0.497 e. The van der Waals surface area contributed by atoms with Crippen molar-refractivity contribution in [3.8, 4) is 28.5 Å². The molecule has 0 unspecified atom stereocenters. The molecule has 0 radical (unpaired) electrons. The number of carbonyl (C=O) groups excluding carboxylic acids is 1. The number of piperidine rings is 1. The van der Waals surface area contributed by atoms with E-state index in [2.05, 4.69) is 20.4 Å². The number of aromatic nitrogens is 2. The van der Waals surface area contributed by atoms with Crippen LogP contribution in [0.3, 0.4) is 0 Å². The number of hydrogen-bond acceptors (Lipinski definition) is 7. The number of hydrogen-bond donors (Lipinski definition) is 1. The predicted molar refractivity (Wildman–Crippen MR) is 135 cm³/mol. The molecule has 1 amide bonds. The number of anilines is 1. The van der Waals surface area contributed by atoms with Crippen molar-refractivity contribution in [3.05, 3.63) is 60.2 Å². The molecule has 0 bridgehead atoms. The van der Waals surface area contributed by atoms with Gasteiger partial charge in [-0.05, 0) is 73.4 Å². The molecule has 1 fully saturated rings. The molecule has 8 nitrogen and oxygen atoms in total. The second kappa shape index (κ2) is 11.6. The Morgan fingerprint density at radius 1 is 0.914 bits per heavy atom. The maximum Gasteiger partial charge on any atom is 0.223 e. The smallest absolute Gasteiger partial charge is 0.223 e. The summed E-state index contributed by atoms with van der Waals surface area (Å²) in [4.78, 5) is 14.9. The van der Waals surface area contributed by atoms with E-state index in [0.717, 1.165) is 60.7 Å². The van der Waals surface area contributed by atoms with Crippen molar-refractivity contribution in [2.75, 3.05) is 45.9 Å². The van der Waals surface area contributed by atoms with Crippen LogP contribution in [-0.2, 0) is 11.2 Å². The van der Waals surface area contributed by atoms with Crippen LogP contribution in [0.4, 0.5) is 5.82 Å². The summed E-state index contributed by atoms with van der Waals surface area (Å²) in [6, 6.07) is 17.6. The van der Waals surface area contributed by atoms with Crippen molar-refractivity contribution >= 4 is 11.7 Å². The van der Waals surface area contributed by atoms with Crippen LogP contribution >= 0.6 is 0 Å². The fourth-order valence-corrected chi connectivity index (χ4v) is 4.29. The standard InChI is InChI=1S/C27H32N4O4/c1-33-22-7-5-20(6-8-22)23-9-11-26(30-29-23)31-16-13-21(14-17-31)27(32)28-15-12-19-4-10-24(34-2)25(18-19)35-3/h4-11,18,21H,12-17H2,1-3H3,(H,28,32). The first-order chi connectivity index (χ1) is 17.1. The topological polar surface area (TPSA) is 85.8 Å². The molecule has 1 N–H and O–H groups in total. The summed E-state index contributed by atoms with van der Waals surface area (Å²) in [5, 5.41) is 11.9. The number of carbonyl (C=O) groups is 1. The summed E-state index contributed by atoms with van der Waals surface area (Å²) in [5.41, 5.74) is 2.91. The highest BCUT2D eigenvalue weighted by molar-refractivity contribution is 5.79. The van der Waals surface area contributed by atoms with E-state index in [-0.39, 0.29) is 11.8 Å². The minimum absolute atomic E-state index is 0.0168. The summed E-state index contributed by atoms with van der Waals surface area (Å²) in [5.74, 6) is 3.19. The van der Waals surface area contributed by atoms with Gasteiger partial charge >= 0.3 is 0 Å². The third-order valence-electron chi connectivity index (χ3n) is 6.39. The Bertz CT molecular complexity index is 1110. The Hall–Kier alpha value is -3.81. The molecule has 3 aromatic rings. The zero-order chi connectivity index (χ0) is 24.6. The Balaban J connectivity index is 1.24. The average Bonchev–Trinajstić information content (AvgIpc) is 2.93. The zero-order valence-electron chi connectivity index (χ0n) is 20.5. The lowest BCUT2D eigenvalue weighted by molar-refractivity contribution is -0.125. The van der Waals surface area contributed by atoms with Gasteiger partial charge in [-0.3, -0.25) is 4.79 Å². The van der Waals surface area contributed by atoms with Crippen LogP contribution in [0.25, 0.3) is 11.3 Å². The van der Waals surface area contributed by atoms with Gasteiger partial charge in [0.2, 0.25) is 5.91 Å².